The Morgan fingerprint density at radius 2 is 1.53 bits per heavy atom. The summed E-state index contributed by atoms with van der Waals surface area (Å²) in [5.41, 5.74) is 4.77. The number of rotatable bonds is 12. The van der Waals surface area contributed by atoms with Crippen molar-refractivity contribution in [3.05, 3.63) is 64.7 Å². The highest BCUT2D eigenvalue weighted by molar-refractivity contribution is 5.43. The third-order valence-corrected chi connectivity index (χ3v) is 7.13. The molecule has 2 aromatic carbocycles. The van der Waals surface area contributed by atoms with Crippen LogP contribution < -0.4 is 4.74 Å². The normalized spacial score (nSPS) is 18.3. The van der Waals surface area contributed by atoms with Gasteiger partial charge in [-0.25, -0.2) is 0 Å². The van der Waals surface area contributed by atoms with Gasteiger partial charge >= 0.3 is 0 Å². The molecule has 0 aromatic heterocycles. The number of nitrogens with zero attached hydrogens (tertiary/aromatic N) is 1. The molecule has 0 unspecified atom stereocenters. The van der Waals surface area contributed by atoms with E-state index in [1.54, 1.807) is 0 Å². The summed E-state index contributed by atoms with van der Waals surface area (Å²) in [5.74, 6) is 2.44. The molecule has 2 nitrogen and oxygen atoms in total. The molecule has 0 radical (unpaired) electrons. The number of nitriles is 1. The lowest BCUT2D eigenvalue weighted by atomic mass is 9.76. The zero-order valence-electron chi connectivity index (χ0n) is 20.2. The predicted octanol–water partition coefficient (Wildman–Crippen LogP) is 8.38. The fourth-order valence-corrected chi connectivity index (χ4v) is 5.03. The highest BCUT2D eigenvalue weighted by Crippen LogP contribution is 2.39. The summed E-state index contributed by atoms with van der Waals surface area (Å²) in [5, 5.41) is 9.81. The molecule has 0 amide bonds. The molecule has 0 spiro atoms. The average Bonchev–Trinajstić information content (AvgIpc) is 2.84. The molecule has 32 heavy (non-hydrogen) atoms. The van der Waals surface area contributed by atoms with Crippen LogP contribution in [0.2, 0.25) is 0 Å². The summed E-state index contributed by atoms with van der Waals surface area (Å²) in [4.78, 5) is 0. The van der Waals surface area contributed by atoms with Crippen LogP contribution in [0.3, 0.4) is 0 Å². The molecular formula is C30H41NO. The average molecular weight is 432 g/mol. The van der Waals surface area contributed by atoms with Crippen molar-refractivity contribution in [2.75, 3.05) is 6.61 Å². The van der Waals surface area contributed by atoms with E-state index in [1.165, 1.54) is 68.1 Å². The quantitative estimate of drug-likeness (QED) is 0.316. The highest BCUT2D eigenvalue weighted by Gasteiger charge is 2.24. The molecule has 0 atom stereocenters. The van der Waals surface area contributed by atoms with E-state index in [-0.39, 0.29) is 0 Å². The van der Waals surface area contributed by atoms with E-state index in [0.29, 0.717) is 5.92 Å². The van der Waals surface area contributed by atoms with Gasteiger partial charge in [0.15, 0.2) is 0 Å². The van der Waals surface area contributed by atoms with Crippen LogP contribution in [0.1, 0.15) is 106 Å². The number of ether oxygens (including phenoxy) is 1. The van der Waals surface area contributed by atoms with E-state index in [4.69, 9.17) is 4.74 Å². The first kappa shape index (κ1) is 24.4. The fourth-order valence-electron chi connectivity index (χ4n) is 5.03. The second kappa shape index (κ2) is 13.3. The molecular weight excluding hydrogens is 390 g/mol. The second-order valence-electron chi connectivity index (χ2n) is 9.59. The van der Waals surface area contributed by atoms with Gasteiger partial charge in [-0.3, -0.25) is 0 Å². The predicted molar refractivity (Wildman–Crippen MR) is 134 cm³/mol. The minimum absolute atomic E-state index is 0.571. The molecule has 1 aliphatic carbocycles. The van der Waals surface area contributed by atoms with Crippen molar-refractivity contribution < 1.29 is 4.74 Å². The minimum atomic E-state index is 0.571. The zero-order valence-corrected chi connectivity index (χ0v) is 20.2. The highest BCUT2D eigenvalue weighted by atomic mass is 16.5. The van der Waals surface area contributed by atoms with Gasteiger partial charge < -0.3 is 4.74 Å². The van der Waals surface area contributed by atoms with Crippen molar-refractivity contribution in [1.82, 2.24) is 0 Å². The van der Waals surface area contributed by atoms with Gasteiger partial charge in [0.2, 0.25) is 0 Å². The maximum atomic E-state index is 9.81. The van der Waals surface area contributed by atoms with Gasteiger partial charge in [0, 0.05) is 0 Å². The van der Waals surface area contributed by atoms with E-state index < -0.39 is 0 Å². The smallest absolute Gasteiger partial charge is 0.119 e. The summed E-state index contributed by atoms with van der Waals surface area (Å²) in [7, 11) is 0. The van der Waals surface area contributed by atoms with Gasteiger partial charge in [-0.05, 0) is 91.7 Å². The molecule has 1 saturated carbocycles. The summed E-state index contributed by atoms with van der Waals surface area (Å²) in [6, 6.07) is 17.6. The molecule has 0 N–H and O–H groups in total. The van der Waals surface area contributed by atoms with E-state index in [2.05, 4.69) is 62.4 Å². The summed E-state index contributed by atoms with van der Waals surface area (Å²) >= 11 is 0. The Bertz CT molecular complexity index is 840. The number of benzene rings is 2. The number of hydrogen-bond acceptors (Lipinski definition) is 2. The van der Waals surface area contributed by atoms with Crippen LogP contribution >= 0.6 is 0 Å². The van der Waals surface area contributed by atoms with Crippen molar-refractivity contribution in [2.24, 2.45) is 5.92 Å². The molecule has 1 aliphatic rings. The minimum Gasteiger partial charge on any atom is -0.494 e. The van der Waals surface area contributed by atoms with Crippen molar-refractivity contribution in [1.29, 1.82) is 5.26 Å². The Kier molecular flexibility index (Phi) is 10.1. The first-order valence-corrected chi connectivity index (χ1v) is 13.0. The maximum Gasteiger partial charge on any atom is 0.119 e. The van der Waals surface area contributed by atoms with Gasteiger partial charge in [0.05, 0.1) is 18.2 Å². The largest absolute Gasteiger partial charge is 0.494 e. The standard InChI is InChI=1S/C30H41NO/c1-3-5-7-8-24-11-16-27(17-12-24)30-20-15-26(22-28(30)23-31)10-9-25-13-18-29(19-14-25)32-21-6-4-2/h13-15,18-20,22,24,27H,3-12,16-17,21H2,1-2H3. The summed E-state index contributed by atoms with van der Waals surface area (Å²) in [6.45, 7) is 5.25. The lowest BCUT2D eigenvalue weighted by Crippen LogP contribution is -2.14. The Morgan fingerprint density at radius 3 is 2.22 bits per heavy atom. The number of hydrogen-bond donors (Lipinski definition) is 0. The summed E-state index contributed by atoms with van der Waals surface area (Å²) < 4.78 is 5.76. The van der Waals surface area contributed by atoms with Crippen LogP contribution in [0, 0.1) is 17.2 Å². The third kappa shape index (κ3) is 7.40. The van der Waals surface area contributed by atoms with Crippen LogP contribution in [0.4, 0.5) is 0 Å². The Morgan fingerprint density at radius 1 is 0.844 bits per heavy atom. The van der Waals surface area contributed by atoms with E-state index in [1.807, 2.05) is 0 Å². The van der Waals surface area contributed by atoms with Crippen molar-refractivity contribution in [3.8, 4) is 11.8 Å². The molecule has 0 heterocycles. The first-order chi connectivity index (χ1) is 15.7. The lowest BCUT2D eigenvalue weighted by molar-refractivity contribution is 0.302. The zero-order chi connectivity index (χ0) is 22.6. The van der Waals surface area contributed by atoms with Gasteiger partial charge in [-0.15, -0.1) is 0 Å². The van der Waals surface area contributed by atoms with Crippen molar-refractivity contribution in [2.45, 2.75) is 96.8 Å². The van der Waals surface area contributed by atoms with E-state index in [9.17, 15) is 5.26 Å². The molecule has 2 aromatic rings. The molecule has 3 rings (SSSR count). The Balaban J connectivity index is 1.51. The van der Waals surface area contributed by atoms with Gasteiger partial charge in [-0.2, -0.15) is 5.26 Å². The van der Waals surface area contributed by atoms with Crippen LogP contribution in [-0.4, -0.2) is 6.61 Å². The third-order valence-electron chi connectivity index (χ3n) is 7.13. The van der Waals surface area contributed by atoms with Crippen LogP contribution in [-0.2, 0) is 12.8 Å². The van der Waals surface area contributed by atoms with Crippen LogP contribution in [0.25, 0.3) is 0 Å². The van der Waals surface area contributed by atoms with Crippen LogP contribution in [0.15, 0.2) is 42.5 Å². The fraction of sp³-hybridized carbons (Fsp3) is 0.567. The van der Waals surface area contributed by atoms with Gasteiger partial charge in [-0.1, -0.05) is 70.2 Å². The maximum absolute atomic E-state index is 9.81. The van der Waals surface area contributed by atoms with Gasteiger partial charge in [0.25, 0.3) is 0 Å². The molecule has 172 valence electrons. The monoisotopic (exact) mass is 431 g/mol. The van der Waals surface area contributed by atoms with Crippen molar-refractivity contribution in [3.63, 3.8) is 0 Å². The first-order valence-electron chi connectivity index (χ1n) is 13.0. The van der Waals surface area contributed by atoms with E-state index in [0.717, 1.165) is 49.5 Å². The van der Waals surface area contributed by atoms with E-state index >= 15 is 0 Å². The molecule has 0 bridgehead atoms. The molecule has 0 saturated heterocycles. The van der Waals surface area contributed by atoms with Gasteiger partial charge in [0.1, 0.15) is 5.75 Å². The van der Waals surface area contributed by atoms with Crippen molar-refractivity contribution >= 4 is 0 Å². The number of unbranched alkanes of at least 4 members (excludes halogenated alkanes) is 3. The Labute approximate surface area is 196 Å². The SMILES string of the molecule is CCCCCC1CCC(c2ccc(CCc3ccc(OCCCC)cc3)cc2C#N)CC1. The molecule has 0 aliphatic heterocycles. The topological polar surface area (TPSA) is 33.0 Å². The summed E-state index contributed by atoms with van der Waals surface area (Å²) in [6.07, 6.45) is 14.8. The van der Waals surface area contributed by atoms with Crippen LogP contribution in [0.5, 0.6) is 5.75 Å². The molecule has 2 heteroatoms. The lowest BCUT2D eigenvalue weighted by Gasteiger charge is -2.29. The number of aryl methyl sites for hydroxylation is 2. The molecule has 1 fully saturated rings. The Hall–Kier alpha value is -2.27. The second-order valence-corrected chi connectivity index (χ2v) is 9.59.